The number of hydrogen-bond acceptors (Lipinski definition) is 4. The fourth-order valence-electron chi connectivity index (χ4n) is 2.94. The molecule has 0 aliphatic carbocycles. The topological polar surface area (TPSA) is 79.3 Å². The van der Waals surface area contributed by atoms with Gasteiger partial charge >= 0.3 is 0 Å². The standard InChI is InChI=1S/C21H22N2O3S/c1-15-6-4-9-18(12-15)27(25,26)23-21(2,3)17-8-5-7-16(13-17)19-10-11-22-14-20(19)24/h4-14,23-24H,1-3H3. The maximum Gasteiger partial charge on any atom is 0.241 e. The first kappa shape index (κ1) is 19.1. The van der Waals surface area contributed by atoms with E-state index in [1.165, 1.54) is 6.20 Å². The highest BCUT2D eigenvalue weighted by molar-refractivity contribution is 7.89. The van der Waals surface area contributed by atoms with E-state index < -0.39 is 15.6 Å². The molecule has 3 aromatic rings. The van der Waals surface area contributed by atoms with Crippen LogP contribution >= 0.6 is 0 Å². The average molecular weight is 382 g/mol. The molecule has 0 bridgehead atoms. The minimum absolute atomic E-state index is 0.0767. The summed E-state index contributed by atoms with van der Waals surface area (Å²) in [6.07, 6.45) is 2.99. The molecule has 0 fully saturated rings. The van der Waals surface area contributed by atoms with E-state index in [0.29, 0.717) is 5.56 Å². The molecule has 1 heterocycles. The zero-order valence-corrected chi connectivity index (χ0v) is 16.3. The molecule has 0 aliphatic rings. The Morgan fingerprint density at radius 1 is 1.04 bits per heavy atom. The van der Waals surface area contributed by atoms with Gasteiger partial charge in [0.15, 0.2) is 0 Å². The predicted octanol–water partition coefficient (Wildman–Crippen LogP) is 3.98. The third-order valence-electron chi connectivity index (χ3n) is 4.38. The maximum absolute atomic E-state index is 12.8. The summed E-state index contributed by atoms with van der Waals surface area (Å²) in [7, 11) is -3.68. The minimum Gasteiger partial charge on any atom is -0.506 e. The van der Waals surface area contributed by atoms with E-state index in [0.717, 1.165) is 16.7 Å². The molecule has 5 nitrogen and oxygen atoms in total. The second kappa shape index (κ2) is 7.13. The van der Waals surface area contributed by atoms with E-state index in [1.54, 1.807) is 30.5 Å². The van der Waals surface area contributed by atoms with Gasteiger partial charge in [0.2, 0.25) is 10.0 Å². The van der Waals surface area contributed by atoms with Crippen LogP contribution in [0.25, 0.3) is 11.1 Å². The van der Waals surface area contributed by atoms with Crippen LogP contribution in [-0.4, -0.2) is 18.5 Å². The van der Waals surface area contributed by atoms with Gasteiger partial charge in [-0.2, -0.15) is 0 Å². The summed E-state index contributed by atoms with van der Waals surface area (Å²) < 4.78 is 28.4. The summed E-state index contributed by atoms with van der Waals surface area (Å²) >= 11 is 0. The van der Waals surface area contributed by atoms with Gasteiger partial charge < -0.3 is 5.11 Å². The molecule has 0 unspecified atom stereocenters. The number of pyridine rings is 1. The van der Waals surface area contributed by atoms with E-state index in [4.69, 9.17) is 0 Å². The number of aromatic hydroxyl groups is 1. The van der Waals surface area contributed by atoms with Crippen molar-refractivity contribution in [3.63, 3.8) is 0 Å². The molecular formula is C21H22N2O3S. The lowest BCUT2D eigenvalue weighted by molar-refractivity contribution is 0.470. The summed E-state index contributed by atoms with van der Waals surface area (Å²) in [4.78, 5) is 4.12. The fourth-order valence-corrected chi connectivity index (χ4v) is 4.45. The van der Waals surface area contributed by atoms with Crippen LogP contribution in [0.5, 0.6) is 5.75 Å². The highest BCUT2D eigenvalue weighted by atomic mass is 32.2. The summed E-state index contributed by atoms with van der Waals surface area (Å²) in [6, 6.07) is 16.0. The second-order valence-electron chi connectivity index (χ2n) is 7.02. The van der Waals surface area contributed by atoms with Crippen LogP contribution in [0.4, 0.5) is 0 Å². The molecule has 0 saturated heterocycles. The maximum atomic E-state index is 12.8. The summed E-state index contributed by atoms with van der Waals surface area (Å²) in [5, 5.41) is 10.0. The van der Waals surface area contributed by atoms with E-state index in [-0.39, 0.29) is 10.6 Å². The first-order chi connectivity index (χ1) is 12.7. The number of sulfonamides is 1. The van der Waals surface area contributed by atoms with Crippen LogP contribution in [0.15, 0.2) is 71.9 Å². The van der Waals surface area contributed by atoms with Crippen molar-refractivity contribution in [2.75, 3.05) is 0 Å². The molecule has 0 radical (unpaired) electrons. The summed E-state index contributed by atoms with van der Waals surface area (Å²) in [6.45, 7) is 5.48. The average Bonchev–Trinajstić information content (AvgIpc) is 2.61. The SMILES string of the molecule is Cc1cccc(S(=O)(=O)NC(C)(C)c2cccc(-c3ccncc3O)c2)c1. The summed E-state index contributed by atoms with van der Waals surface area (Å²) in [5.41, 5.74) is 2.25. The van der Waals surface area contributed by atoms with Crippen LogP contribution in [0.1, 0.15) is 25.0 Å². The van der Waals surface area contributed by atoms with Crippen LogP contribution < -0.4 is 4.72 Å². The number of benzene rings is 2. The molecule has 0 amide bonds. The van der Waals surface area contributed by atoms with Crippen molar-refractivity contribution in [3.05, 3.63) is 78.1 Å². The minimum atomic E-state index is -3.68. The van der Waals surface area contributed by atoms with Crippen molar-refractivity contribution in [2.45, 2.75) is 31.2 Å². The zero-order chi connectivity index (χ0) is 19.7. The molecule has 1 aromatic heterocycles. The Kier molecular flexibility index (Phi) is 5.04. The molecule has 6 heteroatoms. The van der Waals surface area contributed by atoms with Crippen molar-refractivity contribution in [1.82, 2.24) is 9.71 Å². The Labute approximate surface area is 159 Å². The van der Waals surface area contributed by atoms with Gasteiger partial charge in [-0.05, 0) is 61.7 Å². The van der Waals surface area contributed by atoms with Crippen molar-refractivity contribution in [2.24, 2.45) is 0 Å². The lowest BCUT2D eigenvalue weighted by Gasteiger charge is -2.27. The van der Waals surface area contributed by atoms with Crippen LogP contribution in [0.3, 0.4) is 0 Å². The largest absolute Gasteiger partial charge is 0.506 e. The number of nitrogens with one attached hydrogen (secondary N) is 1. The van der Waals surface area contributed by atoms with Gasteiger partial charge in [0.1, 0.15) is 5.75 Å². The lowest BCUT2D eigenvalue weighted by atomic mass is 9.92. The first-order valence-electron chi connectivity index (χ1n) is 8.54. The van der Waals surface area contributed by atoms with Crippen LogP contribution in [0.2, 0.25) is 0 Å². The van der Waals surface area contributed by atoms with Crippen LogP contribution in [0, 0.1) is 6.92 Å². The van der Waals surface area contributed by atoms with Gasteiger partial charge in [-0.25, -0.2) is 13.1 Å². The Bertz CT molecular complexity index is 1080. The quantitative estimate of drug-likeness (QED) is 0.700. The van der Waals surface area contributed by atoms with Gasteiger partial charge in [0.25, 0.3) is 0 Å². The highest BCUT2D eigenvalue weighted by Crippen LogP contribution is 2.31. The van der Waals surface area contributed by atoms with Crippen molar-refractivity contribution >= 4 is 10.0 Å². The second-order valence-corrected chi connectivity index (χ2v) is 8.70. The molecule has 3 rings (SSSR count). The smallest absolute Gasteiger partial charge is 0.241 e. The van der Waals surface area contributed by atoms with Gasteiger partial charge in [0, 0.05) is 11.8 Å². The molecule has 0 spiro atoms. The molecule has 0 saturated carbocycles. The van der Waals surface area contributed by atoms with Gasteiger partial charge in [-0.3, -0.25) is 4.98 Å². The lowest BCUT2D eigenvalue weighted by Crippen LogP contribution is -2.40. The fraction of sp³-hybridized carbons (Fsp3) is 0.190. The van der Waals surface area contributed by atoms with Crippen LogP contribution in [-0.2, 0) is 15.6 Å². The molecular weight excluding hydrogens is 360 g/mol. The number of hydrogen-bond donors (Lipinski definition) is 2. The molecule has 0 aliphatic heterocycles. The van der Waals surface area contributed by atoms with E-state index >= 15 is 0 Å². The normalized spacial score (nSPS) is 12.1. The van der Waals surface area contributed by atoms with Crippen molar-refractivity contribution in [3.8, 4) is 16.9 Å². The van der Waals surface area contributed by atoms with Crippen molar-refractivity contribution in [1.29, 1.82) is 0 Å². The number of aromatic nitrogens is 1. The monoisotopic (exact) mass is 382 g/mol. The molecule has 140 valence electrons. The molecule has 2 N–H and O–H groups in total. The number of rotatable bonds is 5. The van der Waals surface area contributed by atoms with Gasteiger partial charge in [-0.1, -0.05) is 30.3 Å². The third-order valence-corrected chi connectivity index (χ3v) is 6.04. The van der Waals surface area contributed by atoms with E-state index in [9.17, 15) is 13.5 Å². The Morgan fingerprint density at radius 3 is 2.48 bits per heavy atom. The van der Waals surface area contributed by atoms with E-state index in [2.05, 4.69) is 9.71 Å². The van der Waals surface area contributed by atoms with Crippen molar-refractivity contribution < 1.29 is 13.5 Å². The molecule has 0 atom stereocenters. The van der Waals surface area contributed by atoms with Gasteiger partial charge in [0.05, 0.1) is 16.6 Å². The Hall–Kier alpha value is -2.70. The van der Waals surface area contributed by atoms with Gasteiger partial charge in [-0.15, -0.1) is 0 Å². The predicted molar refractivity (Wildman–Crippen MR) is 106 cm³/mol. The zero-order valence-electron chi connectivity index (χ0n) is 15.5. The Balaban J connectivity index is 1.96. The van der Waals surface area contributed by atoms with E-state index in [1.807, 2.05) is 51.1 Å². The molecule has 27 heavy (non-hydrogen) atoms. The summed E-state index contributed by atoms with van der Waals surface area (Å²) in [5.74, 6) is 0.0767. The number of aryl methyl sites for hydroxylation is 1. The first-order valence-corrected chi connectivity index (χ1v) is 10.0. The number of nitrogens with zero attached hydrogens (tertiary/aromatic N) is 1. The highest BCUT2D eigenvalue weighted by Gasteiger charge is 2.28. The third kappa shape index (κ3) is 4.18. The Morgan fingerprint density at radius 2 is 1.78 bits per heavy atom. The molecule has 2 aromatic carbocycles.